The summed E-state index contributed by atoms with van der Waals surface area (Å²) in [4.78, 5) is 0. The molecule has 1 N–H and O–H groups in total. The summed E-state index contributed by atoms with van der Waals surface area (Å²) in [6.45, 7) is 6.63. The lowest BCUT2D eigenvalue weighted by molar-refractivity contribution is -0.0305. The van der Waals surface area contributed by atoms with Gasteiger partial charge in [0.05, 0.1) is 6.10 Å². The fourth-order valence-corrected chi connectivity index (χ4v) is 2.30. The molecule has 0 aliphatic heterocycles. The Morgan fingerprint density at radius 3 is 2.45 bits per heavy atom. The van der Waals surface area contributed by atoms with E-state index in [2.05, 4.69) is 20.8 Å². The number of aliphatic hydroxyl groups is 1. The highest BCUT2D eigenvalue weighted by Gasteiger charge is 2.37. The molecule has 11 heavy (non-hydrogen) atoms. The number of hydrogen-bond donors (Lipinski definition) is 1. The van der Waals surface area contributed by atoms with Crippen molar-refractivity contribution in [2.45, 2.75) is 52.6 Å². The molecular weight excluding hydrogens is 136 g/mol. The molecule has 2 atom stereocenters. The molecule has 2 unspecified atom stereocenters. The summed E-state index contributed by atoms with van der Waals surface area (Å²) >= 11 is 0. The Morgan fingerprint density at radius 1 is 1.36 bits per heavy atom. The Labute approximate surface area is 69.8 Å². The molecular formula is C10H20O. The summed E-state index contributed by atoms with van der Waals surface area (Å²) in [7, 11) is 0. The van der Waals surface area contributed by atoms with Crippen molar-refractivity contribution in [2.75, 3.05) is 0 Å². The second-order valence-corrected chi connectivity index (χ2v) is 4.37. The molecule has 0 bridgehead atoms. The van der Waals surface area contributed by atoms with Crippen molar-refractivity contribution in [3.05, 3.63) is 0 Å². The molecule has 0 aromatic heterocycles. The lowest BCUT2D eigenvalue weighted by atomic mass is 9.66. The van der Waals surface area contributed by atoms with E-state index in [1.165, 1.54) is 19.3 Å². The summed E-state index contributed by atoms with van der Waals surface area (Å²) in [5.41, 5.74) is 0.160. The molecule has 1 saturated carbocycles. The first kappa shape index (κ1) is 9.05. The third-order valence-electron chi connectivity index (χ3n) is 3.43. The average Bonchev–Trinajstić information content (AvgIpc) is 1.95. The van der Waals surface area contributed by atoms with Crippen LogP contribution in [-0.2, 0) is 0 Å². The first-order valence-corrected chi connectivity index (χ1v) is 4.77. The van der Waals surface area contributed by atoms with E-state index in [9.17, 15) is 5.11 Å². The van der Waals surface area contributed by atoms with Crippen LogP contribution in [0.1, 0.15) is 46.5 Å². The van der Waals surface area contributed by atoms with Crippen molar-refractivity contribution < 1.29 is 5.11 Å². The molecule has 1 nitrogen and oxygen atoms in total. The lowest BCUT2D eigenvalue weighted by Crippen LogP contribution is -2.39. The van der Waals surface area contributed by atoms with Gasteiger partial charge in [-0.2, -0.15) is 0 Å². The van der Waals surface area contributed by atoms with Crippen molar-refractivity contribution in [2.24, 2.45) is 11.3 Å². The van der Waals surface area contributed by atoms with Gasteiger partial charge >= 0.3 is 0 Å². The van der Waals surface area contributed by atoms with E-state index in [0.717, 1.165) is 12.3 Å². The van der Waals surface area contributed by atoms with E-state index >= 15 is 0 Å². The van der Waals surface area contributed by atoms with Crippen molar-refractivity contribution in [1.82, 2.24) is 0 Å². The predicted octanol–water partition coefficient (Wildman–Crippen LogP) is 2.58. The minimum atomic E-state index is -0.0683. The fraction of sp³-hybridized carbons (Fsp3) is 1.00. The van der Waals surface area contributed by atoms with Crippen molar-refractivity contribution in [3.8, 4) is 0 Å². The zero-order valence-electron chi connectivity index (χ0n) is 7.93. The van der Waals surface area contributed by atoms with Gasteiger partial charge in [0.15, 0.2) is 0 Å². The largest absolute Gasteiger partial charge is 0.393 e. The first-order valence-electron chi connectivity index (χ1n) is 4.77. The highest BCUT2D eigenvalue weighted by molar-refractivity contribution is 4.88. The van der Waals surface area contributed by atoms with Crippen LogP contribution >= 0.6 is 0 Å². The fourth-order valence-electron chi connectivity index (χ4n) is 2.30. The maximum Gasteiger partial charge on any atom is 0.0593 e. The van der Waals surface area contributed by atoms with Gasteiger partial charge in [0.1, 0.15) is 0 Å². The monoisotopic (exact) mass is 156 g/mol. The second-order valence-electron chi connectivity index (χ2n) is 4.37. The molecule has 0 aromatic rings. The van der Waals surface area contributed by atoms with Gasteiger partial charge in [-0.15, -0.1) is 0 Å². The molecule has 0 spiro atoms. The van der Waals surface area contributed by atoms with Crippen molar-refractivity contribution >= 4 is 0 Å². The Hall–Kier alpha value is -0.0400. The molecule has 1 fully saturated rings. The standard InChI is InChI=1S/C10H20O/c1-4-8-6-5-7-9(11)10(8,2)3/h8-9,11H,4-7H2,1-3H3. The van der Waals surface area contributed by atoms with Gasteiger partial charge in [0, 0.05) is 0 Å². The van der Waals surface area contributed by atoms with Gasteiger partial charge in [-0.25, -0.2) is 0 Å². The topological polar surface area (TPSA) is 20.2 Å². The van der Waals surface area contributed by atoms with Crippen LogP contribution in [0.3, 0.4) is 0 Å². The highest BCUT2D eigenvalue weighted by atomic mass is 16.3. The van der Waals surface area contributed by atoms with E-state index in [0.29, 0.717) is 0 Å². The van der Waals surface area contributed by atoms with E-state index in [-0.39, 0.29) is 11.5 Å². The van der Waals surface area contributed by atoms with Gasteiger partial charge in [0.2, 0.25) is 0 Å². The number of aliphatic hydroxyl groups excluding tert-OH is 1. The average molecular weight is 156 g/mol. The minimum absolute atomic E-state index is 0.0683. The molecule has 0 amide bonds. The van der Waals surface area contributed by atoms with Crippen LogP contribution in [0.15, 0.2) is 0 Å². The summed E-state index contributed by atoms with van der Waals surface area (Å²) < 4.78 is 0. The third kappa shape index (κ3) is 1.58. The predicted molar refractivity (Wildman–Crippen MR) is 47.4 cm³/mol. The Bertz CT molecular complexity index is 129. The highest BCUT2D eigenvalue weighted by Crippen LogP contribution is 2.42. The number of rotatable bonds is 1. The Balaban J connectivity index is 2.64. The van der Waals surface area contributed by atoms with Crippen LogP contribution in [0.25, 0.3) is 0 Å². The van der Waals surface area contributed by atoms with Crippen LogP contribution in [0.4, 0.5) is 0 Å². The van der Waals surface area contributed by atoms with Crippen molar-refractivity contribution in [1.29, 1.82) is 0 Å². The van der Waals surface area contributed by atoms with Gasteiger partial charge in [-0.3, -0.25) is 0 Å². The van der Waals surface area contributed by atoms with Crippen LogP contribution in [-0.4, -0.2) is 11.2 Å². The van der Waals surface area contributed by atoms with Gasteiger partial charge in [-0.1, -0.05) is 33.6 Å². The van der Waals surface area contributed by atoms with Crippen molar-refractivity contribution in [3.63, 3.8) is 0 Å². The lowest BCUT2D eigenvalue weighted by Gasteiger charge is -2.42. The normalized spacial score (nSPS) is 37.1. The van der Waals surface area contributed by atoms with Crippen LogP contribution in [0.5, 0.6) is 0 Å². The van der Waals surface area contributed by atoms with Gasteiger partial charge in [0.25, 0.3) is 0 Å². The smallest absolute Gasteiger partial charge is 0.0593 e. The zero-order chi connectivity index (χ0) is 8.48. The van der Waals surface area contributed by atoms with Crippen LogP contribution < -0.4 is 0 Å². The van der Waals surface area contributed by atoms with Crippen LogP contribution in [0.2, 0.25) is 0 Å². The maximum atomic E-state index is 9.74. The SMILES string of the molecule is CCC1CCCC(O)C1(C)C. The molecule has 0 saturated heterocycles. The number of hydrogen-bond acceptors (Lipinski definition) is 1. The van der Waals surface area contributed by atoms with E-state index < -0.39 is 0 Å². The van der Waals surface area contributed by atoms with Gasteiger partial charge < -0.3 is 5.11 Å². The molecule has 0 aromatic carbocycles. The first-order chi connectivity index (χ1) is 5.09. The Kier molecular flexibility index (Phi) is 2.58. The molecule has 1 rings (SSSR count). The minimum Gasteiger partial charge on any atom is -0.393 e. The van der Waals surface area contributed by atoms with Gasteiger partial charge in [-0.05, 0) is 24.2 Å². The molecule has 66 valence electrons. The molecule has 0 heterocycles. The molecule has 0 radical (unpaired) electrons. The van der Waals surface area contributed by atoms with E-state index in [4.69, 9.17) is 0 Å². The summed E-state index contributed by atoms with van der Waals surface area (Å²) in [6.07, 6.45) is 4.67. The zero-order valence-corrected chi connectivity index (χ0v) is 7.93. The summed E-state index contributed by atoms with van der Waals surface area (Å²) in [6, 6.07) is 0. The third-order valence-corrected chi connectivity index (χ3v) is 3.43. The van der Waals surface area contributed by atoms with E-state index in [1.54, 1.807) is 0 Å². The molecule has 1 aliphatic carbocycles. The summed E-state index contributed by atoms with van der Waals surface area (Å²) in [5, 5.41) is 9.74. The van der Waals surface area contributed by atoms with E-state index in [1.807, 2.05) is 0 Å². The van der Waals surface area contributed by atoms with Crippen LogP contribution in [0, 0.1) is 11.3 Å². The Morgan fingerprint density at radius 2 is 2.00 bits per heavy atom. The quantitative estimate of drug-likeness (QED) is 0.618. The maximum absolute atomic E-state index is 9.74. The molecule has 1 aliphatic rings. The summed E-state index contributed by atoms with van der Waals surface area (Å²) in [5.74, 6) is 0.728. The molecule has 1 heteroatoms. The second kappa shape index (κ2) is 3.14.